The van der Waals surface area contributed by atoms with Gasteiger partial charge >= 0.3 is 0 Å². The zero-order valence-electron chi connectivity index (χ0n) is 9.99. The molecule has 1 atom stereocenters. The highest BCUT2D eigenvalue weighted by Gasteiger charge is 2.33. The van der Waals surface area contributed by atoms with Gasteiger partial charge in [0.2, 0.25) is 0 Å². The van der Waals surface area contributed by atoms with Crippen LogP contribution in [0.5, 0.6) is 11.5 Å². The van der Waals surface area contributed by atoms with Gasteiger partial charge in [0, 0.05) is 17.5 Å². The van der Waals surface area contributed by atoms with E-state index in [9.17, 15) is 4.79 Å². The maximum Gasteiger partial charge on any atom is 0.183 e. The number of hydrogen-bond acceptors (Lipinski definition) is 6. The van der Waals surface area contributed by atoms with Crippen LogP contribution < -0.4 is 20.5 Å². The fourth-order valence-corrected chi connectivity index (χ4v) is 3.50. The van der Waals surface area contributed by atoms with Gasteiger partial charge in [-0.25, -0.2) is 0 Å². The molecule has 3 rings (SSSR count). The van der Waals surface area contributed by atoms with Gasteiger partial charge in [0.1, 0.15) is 13.2 Å². The number of Topliss-reactive ketones (excluding diaryl/α,β-unsaturated/α-hetero) is 1. The third-order valence-electron chi connectivity index (χ3n) is 3.13. The lowest BCUT2D eigenvalue weighted by Crippen LogP contribution is -2.39. The molecule has 3 N–H and O–H groups in total. The Morgan fingerprint density at radius 3 is 3.00 bits per heavy atom. The first-order valence-corrected chi connectivity index (χ1v) is 6.77. The van der Waals surface area contributed by atoms with Crippen molar-refractivity contribution in [1.29, 1.82) is 0 Å². The molecule has 0 amide bonds. The predicted octanol–water partition coefficient (Wildman–Crippen LogP) is 0.916. The van der Waals surface area contributed by atoms with Crippen LogP contribution in [0.3, 0.4) is 0 Å². The summed E-state index contributed by atoms with van der Waals surface area (Å²) in [6.45, 7) is 1.02. The number of nitrogen functional groups attached to an aromatic ring is 1. The van der Waals surface area contributed by atoms with Crippen molar-refractivity contribution >= 4 is 23.2 Å². The van der Waals surface area contributed by atoms with Crippen LogP contribution in [0.4, 0.5) is 5.69 Å². The second-order valence-corrected chi connectivity index (χ2v) is 5.24. The quantitative estimate of drug-likeness (QED) is 0.736. The molecule has 1 unspecified atom stereocenters. The van der Waals surface area contributed by atoms with Crippen LogP contribution in [0.25, 0.3) is 0 Å². The third-order valence-corrected chi connectivity index (χ3v) is 4.30. The molecule has 96 valence electrons. The summed E-state index contributed by atoms with van der Waals surface area (Å²) in [4.78, 5) is 13.1. The normalized spacial score (nSPS) is 21.6. The standard InChI is InChI=1S/C12H14N2O3S/c1-14-7-5-18-12-9(10(7)15)6(13)4-8-11(12)17-3-2-16-8/h4,7,14H,2-3,5,13H2,1H3. The fraction of sp³-hybridized carbons (Fsp3) is 0.417. The summed E-state index contributed by atoms with van der Waals surface area (Å²) in [7, 11) is 1.78. The highest BCUT2D eigenvalue weighted by molar-refractivity contribution is 7.99. The molecule has 5 nitrogen and oxygen atoms in total. The van der Waals surface area contributed by atoms with Crippen molar-refractivity contribution in [2.75, 3.05) is 31.7 Å². The molecule has 0 aliphatic carbocycles. The lowest BCUT2D eigenvalue weighted by Gasteiger charge is -2.28. The number of nitrogens with one attached hydrogen (secondary N) is 1. The van der Waals surface area contributed by atoms with Gasteiger partial charge in [-0.15, -0.1) is 11.8 Å². The van der Waals surface area contributed by atoms with Gasteiger partial charge in [-0.1, -0.05) is 0 Å². The summed E-state index contributed by atoms with van der Waals surface area (Å²) < 4.78 is 11.1. The molecular formula is C12H14N2O3S. The van der Waals surface area contributed by atoms with Gasteiger partial charge in [-0.3, -0.25) is 4.79 Å². The largest absolute Gasteiger partial charge is 0.486 e. The molecule has 0 spiro atoms. The molecule has 0 aromatic heterocycles. The number of thioether (sulfide) groups is 1. The number of ketones is 1. The Kier molecular flexibility index (Phi) is 2.83. The Hall–Kier alpha value is -1.40. The van der Waals surface area contributed by atoms with Crippen molar-refractivity contribution in [3.05, 3.63) is 11.6 Å². The summed E-state index contributed by atoms with van der Waals surface area (Å²) in [5, 5.41) is 3.00. The highest BCUT2D eigenvalue weighted by atomic mass is 32.2. The molecule has 6 heteroatoms. The molecule has 18 heavy (non-hydrogen) atoms. The van der Waals surface area contributed by atoms with Crippen LogP contribution in [-0.2, 0) is 0 Å². The molecule has 2 aliphatic heterocycles. The van der Waals surface area contributed by atoms with Gasteiger partial charge in [0.05, 0.1) is 16.5 Å². The fourth-order valence-electron chi connectivity index (χ4n) is 2.20. The molecular weight excluding hydrogens is 252 g/mol. The minimum atomic E-state index is -0.188. The van der Waals surface area contributed by atoms with Crippen molar-refractivity contribution in [1.82, 2.24) is 5.32 Å². The van der Waals surface area contributed by atoms with Crippen molar-refractivity contribution in [3.63, 3.8) is 0 Å². The zero-order valence-corrected chi connectivity index (χ0v) is 10.8. The number of carbonyl (C=O) groups is 1. The number of carbonyl (C=O) groups excluding carboxylic acids is 1. The monoisotopic (exact) mass is 266 g/mol. The maximum absolute atomic E-state index is 12.3. The van der Waals surface area contributed by atoms with Gasteiger partial charge in [0.25, 0.3) is 0 Å². The summed E-state index contributed by atoms with van der Waals surface area (Å²) in [6.07, 6.45) is 0. The van der Waals surface area contributed by atoms with E-state index < -0.39 is 0 Å². The number of hydrogen-bond donors (Lipinski definition) is 2. The van der Waals surface area contributed by atoms with E-state index >= 15 is 0 Å². The highest BCUT2D eigenvalue weighted by Crippen LogP contribution is 2.47. The van der Waals surface area contributed by atoms with E-state index in [0.717, 1.165) is 4.90 Å². The summed E-state index contributed by atoms with van der Waals surface area (Å²) >= 11 is 1.59. The number of likely N-dealkylation sites (N-methyl/N-ethyl adjacent to an activating group) is 1. The first-order valence-electron chi connectivity index (χ1n) is 5.78. The molecule has 1 aromatic rings. The van der Waals surface area contributed by atoms with E-state index in [-0.39, 0.29) is 11.8 Å². The molecule has 0 fully saturated rings. The second-order valence-electron chi connectivity index (χ2n) is 4.21. The van der Waals surface area contributed by atoms with Crippen molar-refractivity contribution in [3.8, 4) is 11.5 Å². The zero-order chi connectivity index (χ0) is 12.7. The molecule has 0 saturated heterocycles. The van der Waals surface area contributed by atoms with Crippen LogP contribution in [-0.4, -0.2) is 37.8 Å². The van der Waals surface area contributed by atoms with Crippen LogP contribution in [0.1, 0.15) is 10.4 Å². The molecule has 0 saturated carbocycles. The number of nitrogens with two attached hydrogens (primary N) is 1. The summed E-state index contributed by atoms with van der Waals surface area (Å²) in [5.74, 6) is 2.02. The van der Waals surface area contributed by atoms with Crippen molar-refractivity contribution < 1.29 is 14.3 Å². The maximum atomic E-state index is 12.3. The van der Waals surface area contributed by atoms with Crippen LogP contribution in [0.2, 0.25) is 0 Å². The van der Waals surface area contributed by atoms with E-state index in [2.05, 4.69) is 5.32 Å². The Labute approximate surface area is 109 Å². The number of benzene rings is 1. The Balaban J connectivity index is 2.15. The third kappa shape index (κ3) is 1.64. The smallest absolute Gasteiger partial charge is 0.183 e. The minimum Gasteiger partial charge on any atom is -0.486 e. The molecule has 0 radical (unpaired) electrons. The van der Waals surface area contributed by atoms with Crippen LogP contribution in [0, 0.1) is 0 Å². The number of ether oxygens (including phenoxy) is 2. The molecule has 2 heterocycles. The second kappa shape index (κ2) is 4.37. The summed E-state index contributed by atoms with van der Waals surface area (Å²) in [6, 6.07) is 1.50. The van der Waals surface area contributed by atoms with E-state index in [0.29, 0.717) is 41.7 Å². The Morgan fingerprint density at radius 1 is 1.44 bits per heavy atom. The topological polar surface area (TPSA) is 73.6 Å². The SMILES string of the molecule is CNC1CSc2c3c(cc(N)c2C1=O)OCCO3. The van der Waals surface area contributed by atoms with Crippen LogP contribution in [0.15, 0.2) is 11.0 Å². The van der Waals surface area contributed by atoms with Gasteiger partial charge in [0.15, 0.2) is 17.3 Å². The average Bonchev–Trinajstić information content (AvgIpc) is 2.39. The van der Waals surface area contributed by atoms with Gasteiger partial charge < -0.3 is 20.5 Å². The average molecular weight is 266 g/mol. The number of anilines is 1. The number of rotatable bonds is 1. The molecule has 0 bridgehead atoms. The minimum absolute atomic E-state index is 0.0284. The first-order chi connectivity index (χ1) is 8.72. The van der Waals surface area contributed by atoms with E-state index in [4.69, 9.17) is 15.2 Å². The van der Waals surface area contributed by atoms with E-state index in [1.165, 1.54) is 0 Å². The predicted molar refractivity (Wildman–Crippen MR) is 69.7 cm³/mol. The molecule has 2 aliphatic rings. The van der Waals surface area contributed by atoms with E-state index in [1.807, 2.05) is 0 Å². The van der Waals surface area contributed by atoms with Gasteiger partial charge in [-0.2, -0.15) is 0 Å². The first kappa shape index (κ1) is 11.7. The van der Waals surface area contributed by atoms with Crippen molar-refractivity contribution in [2.45, 2.75) is 10.9 Å². The summed E-state index contributed by atoms with van der Waals surface area (Å²) in [5.41, 5.74) is 7.00. The number of fused-ring (bicyclic) bond motifs is 3. The van der Waals surface area contributed by atoms with E-state index in [1.54, 1.807) is 24.9 Å². The Bertz CT molecular complexity index is 519. The van der Waals surface area contributed by atoms with Crippen molar-refractivity contribution in [2.24, 2.45) is 0 Å². The van der Waals surface area contributed by atoms with Gasteiger partial charge in [-0.05, 0) is 7.05 Å². The molecule has 1 aromatic carbocycles. The van der Waals surface area contributed by atoms with Crippen LogP contribution >= 0.6 is 11.8 Å². The lowest BCUT2D eigenvalue weighted by molar-refractivity contribution is 0.0950. The lowest BCUT2D eigenvalue weighted by atomic mass is 10.0. The Morgan fingerprint density at radius 2 is 2.22 bits per heavy atom.